The van der Waals surface area contributed by atoms with Crippen LogP contribution in [0.2, 0.25) is 1.41 Å². The third-order valence-electron chi connectivity index (χ3n) is 0. The zero-order valence-corrected chi connectivity index (χ0v) is 2.71. The van der Waals surface area contributed by atoms with Crippen LogP contribution < -0.4 is 5.73 Å². The summed E-state index contributed by atoms with van der Waals surface area (Å²) in [4.78, 5) is 0. The molecule has 0 spiro atoms. The molecule has 0 saturated heterocycles. The zero-order valence-electron chi connectivity index (χ0n) is 3.71. The first-order valence-electron chi connectivity index (χ1n) is 1.60. The number of allylic oxidation sites excluding steroid dienone is 1. The number of hydrogen-bond donors (Lipinski definition) is 1. The van der Waals surface area contributed by atoms with Gasteiger partial charge in [0.05, 0.1) is 0 Å². The van der Waals surface area contributed by atoms with Crippen LogP contribution in [-0.4, -0.2) is 0 Å². The van der Waals surface area contributed by atoms with Crippen molar-refractivity contribution in [3.8, 4) is 0 Å². The molecule has 0 aliphatic carbocycles. The van der Waals surface area contributed by atoms with Crippen molar-refractivity contribution in [1.29, 1.82) is 0 Å². The van der Waals surface area contributed by atoms with E-state index in [1.807, 2.05) is 0 Å². The summed E-state index contributed by atoms with van der Waals surface area (Å²) in [6, 6.07) is 0. The van der Waals surface area contributed by atoms with E-state index in [0.717, 1.165) is 0 Å². The molecule has 1 heteroatoms. The Morgan fingerprint density at radius 1 is 2.50 bits per heavy atom. The van der Waals surface area contributed by atoms with Crippen molar-refractivity contribution in [2.45, 2.75) is 6.92 Å². The Labute approximate surface area is 27.6 Å². The maximum absolute atomic E-state index is 6.31. The maximum Gasteiger partial charge on any atom is 0.156 e. The standard InChI is InChI=1S/C3H7N/c1-3(2)4/h1,4H2,2H3/i/hD. The second-order valence-electron chi connectivity index (χ2n) is 0.780. The normalized spacial score (nSPS) is 8.75. The van der Waals surface area contributed by atoms with Crippen molar-refractivity contribution < 1.29 is 1.41 Å². The predicted molar refractivity (Wildman–Crippen MR) is 19.0 cm³/mol. The summed E-state index contributed by atoms with van der Waals surface area (Å²) in [6.45, 7) is 5.10. The lowest BCUT2D eigenvalue weighted by atomic mass is 10.6. The molecule has 0 heterocycles. The van der Waals surface area contributed by atoms with Gasteiger partial charge in [-0.3, -0.25) is 0 Å². The summed E-state index contributed by atoms with van der Waals surface area (Å²) in [7, 11) is 0. The first-order valence-corrected chi connectivity index (χ1v) is 1.10. The second-order valence-corrected chi connectivity index (χ2v) is 0.780. The first kappa shape index (κ1) is 1.82. The maximum atomic E-state index is 6.31. The molecule has 0 atom stereocenters. The van der Waals surface area contributed by atoms with Crippen molar-refractivity contribution in [3.05, 3.63) is 12.3 Å². The molecule has 2 N–H and O–H groups in total. The van der Waals surface area contributed by atoms with E-state index >= 15 is 0 Å². The Bertz CT molecular complexity index is 42.2. The SMILES string of the molecule is [2H]NC(=C)C. The molecule has 0 aliphatic heterocycles. The van der Waals surface area contributed by atoms with Crippen molar-refractivity contribution in [2.75, 3.05) is 0 Å². The van der Waals surface area contributed by atoms with Crippen molar-refractivity contribution in [1.82, 2.24) is 0 Å². The Hall–Kier alpha value is -0.460. The molecule has 0 aliphatic rings. The fourth-order valence-electron chi connectivity index (χ4n) is 0. The minimum absolute atomic E-state index is 0.671. The van der Waals surface area contributed by atoms with Crippen LogP contribution in [0.4, 0.5) is 0 Å². The second kappa shape index (κ2) is 0.934. The first-order chi connectivity index (χ1) is 2.27. The third-order valence-corrected chi connectivity index (χ3v) is 0. The van der Waals surface area contributed by atoms with Crippen molar-refractivity contribution >= 4 is 0 Å². The van der Waals surface area contributed by atoms with Crippen molar-refractivity contribution in [2.24, 2.45) is 5.73 Å². The van der Waals surface area contributed by atoms with Gasteiger partial charge in [0.15, 0.2) is 1.41 Å². The summed E-state index contributed by atoms with van der Waals surface area (Å²) in [5.74, 6) is 0. The topological polar surface area (TPSA) is 26.0 Å². The third kappa shape index (κ3) is 2.12. The van der Waals surface area contributed by atoms with Gasteiger partial charge >= 0.3 is 0 Å². The molecule has 24 valence electrons. The highest BCUT2D eigenvalue weighted by Crippen LogP contribution is 1.58. The van der Waals surface area contributed by atoms with Crippen LogP contribution in [0.5, 0.6) is 0 Å². The lowest BCUT2D eigenvalue weighted by Gasteiger charge is -1.69. The van der Waals surface area contributed by atoms with Gasteiger partial charge < -0.3 is 5.73 Å². The average Bonchev–Trinajstić information content (AvgIpc) is 1.38. The molecule has 0 rings (SSSR count). The highest BCUT2D eigenvalue weighted by Gasteiger charge is 1.50. The van der Waals surface area contributed by atoms with Crippen LogP contribution in [0.15, 0.2) is 12.3 Å². The molecule has 0 aromatic carbocycles. The van der Waals surface area contributed by atoms with Crippen LogP contribution in [0.1, 0.15) is 6.92 Å². The predicted octanol–water partition coefficient (Wildman–Crippen LogP) is 0.479. The lowest BCUT2D eigenvalue weighted by Crippen LogP contribution is -1.83. The van der Waals surface area contributed by atoms with Gasteiger partial charge in [0.2, 0.25) is 0 Å². The fraction of sp³-hybridized carbons (Fsp3) is 0.333. The Morgan fingerprint density at radius 3 is 2.75 bits per heavy atom. The van der Waals surface area contributed by atoms with Crippen LogP contribution in [0.25, 0.3) is 0 Å². The smallest absolute Gasteiger partial charge is 0.156 e. The lowest BCUT2D eigenvalue weighted by molar-refractivity contribution is 1.34. The van der Waals surface area contributed by atoms with E-state index in [0.29, 0.717) is 5.70 Å². The Balaban J connectivity index is 2.85. The number of hydrogen-bond acceptors (Lipinski definition) is 1. The van der Waals surface area contributed by atoms with Crippen LogP contribution >= 0.6 is 0 Å². The van der Waals surface area contributed by atoms with Gasteiger partial charge in [-0.15, -0.1) is 0 Å². The van der Waals surface area contributed by atoms with Crippen LogP contribution in [-0.2, 0) is 0 Å². The van der Waals surface area contributed by atoms with Gasteiger partial charge in [0.25, 0.3) is 0 Å². The Kier molecular flexibility index (Phi) is 0.425. The molecule has 0 aromatic rings. The minimum Gasteiger partial charge on any atom is -0.403 e. The van der Waals surface area contributed by atoms with E-state index in [1.54, 1.807) is 6.92 Å². The molecule has 0 bridgehead atoms. The van der Waals surface area contributed by atoms with Gasteiger partial charge in [0, 0.05) is 0 Å². The molecule has 0 radical (unpaired) electrons. The number of rotatable bonds is 1. The summed E-state index contributed by atoms with van der Waals surface area (Å²) < 4.78 is 6.31. The van der Waals surface area contributed by atoms with Crippen molar-refractivity contribution in [3.63, 3.8) is 0 Å². The quantitative estimate of drug-likeness (QED) is 0.466. The van der Waals surface area contributed by atoms with Gasteiger partial charge in [-0.2, -0.15) is 0 Å². The molecule has 0 fully saturated rings. The highest BCUT2D eigenvalue weighted by atomic mass is 14.5. The highest BCUT2D eigenvalue weighted by molar-refractivity contribution is 4.76. The minimum atomic E-state index is 0.671. The van der Waals surface area contributed by atoms with Gasteiger partial charge in [-0.05, 0) is 12.6 Å². The summed E-state index contributed by atoms with van der Waals surface area (Å²) in [5, 5.41) is 0. The van der Waals surface area contributed by atoms with Crippen LogP contribution in [0, 0.1) is 0 Å². The molecular formula is C3H7N. The number of nitrogens with two attached hydrogens (primary N) is 1. The summed E-state index contributed by atoms with van der Waals surface area (Å²) in [5.41, 5.74) is 2.75. The van der Waals surface area contributed by atoms with Gasteiger partial charge in [0.1, 0.15) is 0 Å². The van der Waals surface area contributed by atoms with Gasteiger partial charge in [-0.1, -0.05) is 6.58 Å². The molecule has 0 saturated carbocycles. The fourth-order valence-corrected chi connectivity index (χ4v) is 0. The van der Waals surface area contributed by atoms with E-state index in [9.17, 15) is 0 Å². The molecule has 0 unspecified atom stereocenters. The van der Waals surface area contributed by atoms with E-state index in [1.165, 1.54) is 0 Å². The Morgan fingerprint density at radius 2 is 2.75 bits per heavy atom. The van der Waals surface area contributed by atoms with E-state index in [-0.39, 0.29) is 0 Å². The van der Waals surface area contributed by atoms with E-state index < -0.39 is 0 Å². The largest absolute Gasteiger partial charge is 0.403 e. The summed E-state index contributed by atoms with van der Waals surface area (Å²) in [6.07, 6.45) is 0. The van der Waals surface area contributed by atoms with Crippen LogP contribution in [0.3, 0.4) is 0 Å². The van der Waals surface area contributed by atoms with E-state index in [4.69, 9.17) is 1.41 Å². The van der Waals surface area contributed by atoms with E-state index in [2.05, 4.69) is 12.3 Å². The monoisotopic (exact) mass is 58.1 g/mol. The molecule has 1 nitrogen and oxygen atoms in total. The zero-order chi connectivity index (χ0) is 4.28. The van der Waals surface area contributed by atoms with Gasteiger partial charge in [-0.25, -0.2) is 0 Å². The summed E-state index contributed by atoms with van der Waals surface area (Å²) >= 11 is 0. The molecule has 0 aromatic heterocycles. The molecule has 0 amide bonds. The molecule has 4 heavy (non-hydrogen) atoms. The average molecular weight is 58.1 g/mol. The molecular weight excluding hydrogens is 50.0 g/mol.